The summed E-state index contributed by atoms with van der Waals surface area (Å²) >= 11 is 5.90. The lowest BCUT2D eigenvalue weighted by atomic mass is 10.1. The van der Waals surface area contributed by atoms with Gasteiger partial charge in [0.25, 0.3) is 11.5 Å². The molecule has 0 aliphatic carbocycles. The molecule has 3 aromatic rings. The van der Waals surface area contributed by atoms with E-state index in [1.54, 1.807) is 36.4 Å². The average Bonchev–Trinajstić information content (AvgIpc) is 2.74. The molecule has 0 bridgehead atoms. The minimum Gasteiger partial charge on any atom is -0.493 e. The number of rotatable bonds is 8. The van der Waals surface area contributed by atoms with Crippen LogP contribution in [0, 0.1) is 0 Å². The Morgan fingerprint density at radius 2 is 1.79 bits per heavy atom. The van der Waals surface area contributed by atoms with Gasteiger partial charge in [-0.15, -0.1) is 0 Å². The van der Waals surface area contributed by atoms with Crippen LogP contribution in [0.15, 0.2) is 65.5 Å². The maximum atomic E-state index is 12.0. The van der Waals surface area contributed by atoms with Crippen molar-refractivity contribution in [2.45, 2.75) is 6.54 Å². The minimum absolute atomic E-state index is 0.159. The van der Waals surface area contributed by atoms with Crippen LogP contribution in [-0.2, 0) is 11.3 Å². The molecule has 3 rings (SSSR count). The average molecular weight is 414 g/mol. The maximum absolute atomic E-state index is 12.0. The molecule has 0 aliphatic rings. The molecule has 0 unspecified atom stereocenters. The molecule has 0 fully saturated rings. The van der Waals surface area contributed by atoms with Crippen LogP contribution in [0.25, 0.3) is 11.3 Å². The highest BCUT2D eigenvalue weighted by molar-refractivity contribution is 6.30. The van der Waals surface area contributed by atoms with Gasteiger partial charge in [0, 0.05) is 23.2 Å². The Bertz CT molecular complexity index is 1030. The summed E-state index contributed by atoms with van der Waals surface area (Å²) < 4.78 is 12.0. The number of hydrogen-bond donors (Lipinski definition) is 1. The SMILES string of the molecule is COc1ccccc1OCC(=O)NCCn1nc(-c2ccc(Cl)cc2)ccc1=O. The lowest BCUT2D eigenvalue weighted by Gasteiger charge is -2.11. The fourth-order valence-electron chi connectivity index (χ4n) is 2.62. The first-order chi connectivity index (χ1) is 14.1. The van der Waals surface area contributed by atoms with E-state index in [1.807, 2.05) is 18.2 Å². The standard InChI is InChI=1S/C21H20ClN3O4/c1-28-18-4-2-3-5-19(18)29-14-20(26)23-12-13-25-21(27)11-10-17(24-25)15-6-8-16(22)9-7-15/h2-11H,12-14H2,1H3,(H,23,26). The number of halogens is 1. The summed E-state index contributed by atoms with van der Waals surface area (Å²) in [6.07, 6.45) is 0. The van der Waals surface area contributed by atoms with Crippen LogP contribution in [0.1, 0.15) is 0 Å². The van der Waals surface area contributed by atoms with Crippen LogP contribution in [0.2, 0.25) is 5.02 Å². The Morgan fingerprint density at radius 3 is 2.52 bits per heavy atom. The molecule has 1 N–H and O–H groups in total. The second-order valence-corrected chi connectivity index (χ2v) is 6.51. The molecule has 150 valence electrons. The smallest absolute Gasteiger partial charge is 0.266 e. The Labute approximate surface area is 172 Å². The van der Waals surface area contributed by atoms with Crippen LogP contribution in [0.5, 0.6) is 11.5 Å². The molecule has 0 saturated carbocycles. The van der Waals surface area contributed by atoms with Crippen molar-refractivity contribution in [2.24, 2.45) is 0 Å². The van der Waals surface area contributed by atoms with E-state index in [0.29, 0.717) is 22.2 Å². The van der Waals surface area contributed by atoms with Crippen LogP contribution in [0.3, 0.4) is 0 Å². The third-order valence-corrected chi connectivity index (χ3v) is 4.33. The predicted octanol–water partition coefficient (Wildman–Crippen LogP) is 2.77. The number of hydrogen-bond acceptors (Lipinski definition) is 5. The van der Waals surface area contributed by atoms with Gasteiger partial charge in [-0.25, -0.2) is 4.68 Å². The van der Waals surface area contributed by atoms with Gasteiger partial charge in [-0.3, -0.25) is 9.59 Å². The van der Waals surface area contributed by atoms with Crippen LogP contribution < -0.4 is 20.3 Å². The topological polar surface area (TPSA) is 82.4 Å². The first-order valence-electron chi connectivity index (χ1n) is 8.93. The van der Waals surface area contributed by atoms with Crippen molar-refractivity contribution in [3.8, 4) is 22.8 Å². The van der Waals surface area contributed by atoms with Crippen molar-refractivity contribution in [1.29, 1.82) is 0 Å². The predicted molar refractivity (Wildman–Crippen MR) is 110 cm³/mol. The van der Waals surface area contributed by atoms with Crippen LogP contribution in [-0.4, -0.2) is 35.9 Å². The zero-order chi connectivity index (χ0) is 20.6. The molecule has 0 aliphatic heterocycles. The normalized spacial score (nSPS) is 10.4. The number of carbonyl (C=O) groups excluding carboxylic acids is 1. The second-order valence-electron chi connectivity index (χ2n) is 6.08. The van der Waals surface area contributed by atoms with Gasteiger partial charge in [-0.1, -0.05) is 35.9 Å². The number of nitrogens with one attached hydrogen (secondary N) is 1. The number of carbonyl (C=O) groups is 1. The molecule has 2 aromatic carbocycles. The van der Waals surface area contributed by atoms with E-state index < -0.39 is 0 Å². The second kappa shape index (κ2) is 9.75. The summed E-state index contributed by atoms with van der Waals surface area (Å²) in [7, 11) is 1.53. The number of nitrogens with zero attached hydrogens (tertiary/aromatic N) is 2. The quantitative estimate of drug-likeness (QED) is 0.614. The Balaban J connectivity index is 1.54. The van der Waals surface area contributed by atoms with E-state index >= 15 is 0 Å². The maximum Gasteiger partial charge on any atom is 0.266 e. The van der Waals surface area contributed by atoms with E-state index in [4.69, 9.17) is 21.1 Å². The van der Waals surface area contributed by atoms with Gasteiger partial charge >= 0.3 is 0 Å². The molecule has 1 heterocycles. The lowest BCUT2D eigenvalue weighted by molar-refractivity contribution is -0.123. The van der Waals surface area contributed by atoms with Gasteiger partial charge in [0.1, 0.15) is 0 Å². The molecule has 1 aromatic heterocycles. The zero-order valence-electron chi connectivity index (χ0n) is 15.8. The van der Waals surface area contributed by atoms with E-state index in [2.05, 4.69) is 10.4 Å². The first-order valence-corrected chi connectivity index (χ1v) is 9.31. The number of methoxy groups -OCH3 is 1. The Hall–Kier alpha value is -3.32. The van der Waals surface area contributed by atoms with Gasteiger partial charge < -0.3 is 14.8 Å². The molecular formula is C21H20ClN3O4. The third-order valence-electron chi connectivity index (χ3n) is 4.08. The number of aromatic nitrogens is 2. The van der Waals surface area contributed by atoms with Crippen LogP contribution in [0.4, 0.5) is 0 Å². The molecule has 0 spiro atoms. The fraction of sp³-hybridized carbons (Fsp3) is 0.190. The molecular weight excluding hydrogens is 394 g/mol. The molecule has 0 radical (unpaired) electrons. The molecule has 0 atom stereocenters. The highest BCUT2D eigenvalue weighted by atomic mass is 35.5. The van der Waals surface area contributed by atoms with Gasteiger partial charge in [0.05, 0.1) is 19.3 Å². The molecule has 1 amide bonds. The molecule has 7 nitrogen and oxygen atoms in total. The molecule has 8 heteroatoms. The van der Waals surface area contributed by atoms with Crippen molar-refractivity contribution in [1.82, 2.24) is 15.1 Å². The van der Waals surface area contributed by atoms with Crippen molar-refractivity contribution in [3.63, 3.8) is 0 Å². The van der Waals surface area contributed by atoms with Crippen molar-refractivity contribution in [3.05, 3.63) is 76.0 Å². The monoisotopic (exact) mass is 413 g/mol. The summed E-state index contributed by atoms with van der Waals surface area (Å²) in [6.45, 7) is 0.319. The minimum atomic E-state index is -0.308. The van der Waals surface area contributed by atoms with E-state index in [1.165, 1.54) is 17.9 Å². The van der Waals surface area contributed by atoms with Gasteiger partial charge in [-0.2, -0.15) is 5.10 Å². The number of ether oxygens (including phenoxy) is 2. The first kappa shape index (κ1) is 20.4. The summed E-state index contributed by atoms with van der Waals surface area (Å²) in [5.41, 5.74) is 1.24. The summed E-state index contributed by atoms with van der Waals surface area (Å²) in [5, 5.41) is 7.68. The van der Waals surface area contributed by atoms with Crippen molar-refractivity contribution < 1.29 is 14.3 Å². The van der Waals surface area contributed by atoms with Gasteiger partial charge in [0.2, 0.25) is 0 Å². The van der Waals surface area contributed by atoms with E-state index in [9.17, 15) is 9.59 Å². The van der Waals surface area contributed by atoms with Crippen LogP contribution >= 0.6 is 11.6 Å². The number of para-hydroxylation sites is 2. The number of amides is 1. The summed E-state index contributed by atoms with van der Waals surface area (Å²) in [4.78, 5) is 24.1. The molecule has 0 saturated heterocycles. The van der Waals surface area contributed by atoms with Gasteiger partial charge in [-0.05, 0) is 30.3 Å². The van der Waals surface area contributed by atoms with Crippen molar-refractivity contribution in [2.75, 3.05) is 20.3 Å². The largest absolute Gasteiger partial charge is 0.493 e. The Morgan fingerprint density at radius 1 is 1.07 bits per heavy atom. The Kier molecular flexibility index (Phi) is 6.86. The lowest BCUT2D eigenvalue weighted by Crippen LogP contribution is -2.34. The van der Waals surface area contributed by atoms with E-state index in [0.717, 1.165) is 5.56 Å². The summed E-state index contributed by atoms with van der Waals surface area (Å²) in [6, 6.07) is 17.4. The number of benzene rings is 2. The fourth-order valence-corrected chi connectivity index (χ4v) is 2.74. The highest BCUT2D eigenvalue weighted by Crippen LogP contribution is 2.25. The van der Waals surface area contributed by atoms with E-state index in [-0.39, 0.29) is 31.2 Å². The van der Waals surface area contributed by atoms with Crippen molar-refractivity contribution >= 4 is 17.5 Å². The zero-order valence-corrected chi connectivity index (χ0v) is 16.6. The van der Waals surface area contributed by atoms with Gasteiger partial charge in [0.15, 0.2) is 18.1 Å². The highest BCUT2D eigenvalue weighted by Gasteiger charge is 2.08. The third kappa shape index (κ3) is 5.58. The molecule has 29 heavy (non-hydrogen) atoms. The summed E-state index contributed by atoms with van der Waals surface area (Å²) in [5.74, 6) is 0.728.